The van der Waals surface area contributed by atoms with Gasteiger partial charge in [-0.05, 0) is 13.3 Å². The van der Waals surface area contributed by atoms with Gasteiger partial charge in [0.25, 0.3) is 0 Å². The largest absolute Gasteiger partial charge is 0.366 e. The van der Waals surface area contributed by atoms with E-state index >= 15 is 0 Å². The second-order valence-electron chi connectivity index (χ2n) is 3.79. The third-order valence-electron chi connectivity index (χ3n) is 2.39. The summed E-state index contributed by atoms with van der Waals surface area (Å²) in [6, 6.07) is 1.80. The second kappa shape index (κ2) is 3.77. The van der Waals surface area contributed by atoms with Crippen LogP contribution >= 0.6 is 0 Å². The van der Waals surface area contributed by atoms with Crippen LogP contribution in [0.2, 0.25) is 0 Å². The van der Waals surface area contributed by atoms with Crippen LogP contribution in [-0.4, -0.2) is 35.9 Å². The zero-order valence-corrected chi connectivity index (χ0v) is 9.29. The SMILES string of the molecule is Cc1cc(NC2CCS(=O)(=O)C2)ncn1. The van der Waals surface area contributed by atoms with E-state index in [1.165, 1.54) is 6.33 Å². The molecule has 1 aromatic rings. The van der Waals surface area contributed by atoms with Crippen molar-refractivity contribution in [3.05, 3.63) is 18.1 Å². The monoisotopic (exact) mass is 227 g/mol. The van der Waals surface area contributed by atoms with Crippen molar-refractivity contribution in [1.29, 1.82) is 0 Å². The summed E-state index contributed by atoms with van der Waals surface area (Å²) >= 11 is 0. The fourth-order valence-corrected chi connectivity index (χ4v) is 3.32. The maximum absolute atomic E-state index is 11.2. The third-order valence-corrected chi connectivity index (χ3v) is 4.16. The lowest BCUT2D eigenvalue weighted by atomic mass is 10.2. The van der Waals surface area contributed by atoms with Crippen LogP contribution in [0.5, 0.6) is 0 Å². The van der Waals surface area contributed by atoms with Crippen LogP contribution < -0.4 is 5.32 Å². The average molecular weight is 227 g/mol. The highest BCUT2D eigenvalue weighted by Crippen LogP contribution is 2.15. The van der Waals surface area contributed by atoms with E-state index in [1.54, 1.807) is 0 Å². The molecule has 0 aliphatic carbocycles. The topological polar surface area (TPSA) is 72.0 Å². The molecule has 6 heteroatoms. The van der Waals surface area contributed by atoms with Gasteiger partial charge in [-0.15, -0.1) is 0 Å². The lowest BCUT2D eigenvalue weighted by Crippen LogP contribution is -2.21. The van der Waals surface area contributed by atoms with Crippen molar-refractivity contribution in [1.82, 2.24) is 9.97 Å². The standard InChI is InChI=1S/C9H13N3O2S/c1-7-4-9(11-6-10-7)12-8-2-3-15(13,14)5-8/h4,6,8H,2-3,5H2,1H3,(H,10,11,12). The summed E-state index contributed by atoms with van der Waals surface area (Å²) in [5, 5.41) is 3.11. The molecule has 2 heterocycles. The summed E-state index contributed by atoms with van der Waals surface area (Å²) in [6.45, 7) is 1.87. The Balaban J connectivity index is 2.05. The highest BCUT2D eigenvalue weighted by Gasteiger charge is 2.27. The summed E-state index contributed by atoms with van der Waals surface area (Å²) in [7, 11) is -2.83. The van der Waals surface area contributed by atoms with Gasteiger partial charge in [-0.3, -0.25) is 0 Å². The van der Waals surface area contributed by atoms with Crippen LogP contribution in [0.4, 0.5) is 5.82 Å². The fraction of sp³-hybridized carbons (Fsp3) is 0.556. The molecular formula is C9H13N3O2S. The Hall–Kier alpha value is -1.17. The highest BCUT2D eigenvalue weighted by molar-refractivity contribution is 7.91. The summed E-state index contributed by atoms with van der Waals surface area (Å²) in [6.07, 6.45) is 2.13. The van der Waals surface area contributed by atoms with Gasteiger partial charge in [0.15, 0.2) is 9.84 Å². The van der Waals surface area contributed by atoms with Gasteiger partial charge in [0.1, 0.15) is 12.1 Å². The molecule has 0 saturated carbocycles. The second-order valence-corrected chi connectivity index (χ2v) is 6.02. The van der Waals surface area contributed by atoms with E-state index in [0.29, 0.717) is 12.2 Å². The molecule has 1 aliphatic heterocycles. The molecule has 0 radical (unpaired) electrons. The van der Waals surface area contributed by atoms with Gasteiger partial charge in [-0.2, -0.15) is 0 Å². The number of hydrogen-bond donors (Lipinski definition) is 1. The van der Waals surface area contributed by atoms with Crippen LogP contribution in [0.15, 0.2) is 12.4 Å². The van der Waals surface area contributed by atoms with E-state index < -0.39 is 9.84 Å². The quantitative estimate of drug-likeness (QED) is 0.791. The molecule has 1 aromatic heterocycles. The van der Waals surface area contributed by atoms with Gasteiger partial charge in [0, 0.05) is 17.8 Å². The van der Waals surface area contributed by atoms with Crippen LogP contribution in [0.1, 0.15) is 12.1 Å². The Kier molecular flexibility index (Phi) is 2.60. The van der Waals surface area contributed by atoms with Crippen molar-refractivity contribution >= 4 is 15.7 Å². The zero-order chi connectivity index (χ0) is 10.9. The number of nitrogens with zero attached hydrogens (tertiary/aromatic N) is 2. The van der Waals surface area contributed by atoms with E-state index in [0.717, 1.165) is 5.69 Å². The molecule has 0 amide bonds. The number of hydrogen-bond acceptors (Lipinski definition) is 5. The summed E-state index contributed by atoms with van der Waals surface area (Å²) < 4.78 is 22.5. The smallest absolute Gasteiger partial charge is 0.152 e. The fourth-order valence-electron chi connectivity index (χ4n) is 1.65. The number of sulfone groups is 1. The van der Waals surface area contributed by atoms with Crippen LogP contribution in [0.25, 0.3) is 0 Å². The van der Waals surface area contributed by atoms with E-state index in [1.807, 2.05) is 13.0 Å². The first-order valence-corrected chi connectivity index (χ1v) is 6.63. The summed E-state index contributed by atoms with van der Waals surface area (Å²) in [5.74, 6) is 1.18. The first-order chi connectivity index (χ1) is 7.05. The first-order valence-electron chi connectivity index (χ1n) is 4.81. The molecule has 5 nitrogen and oxygen atoms in total. The lowest BCUT2D eigenvalue weighted by Gasteiger charge is -2.10. The molecule has 1 fully saturated rings. The minimum Gasteiger partial charge on any atom is -0.366 e. The summed E-state index contributed by atoms with van der Waals surface area (Å²) in [5.41, 5.74) is 0.869. The highest BCUT2D eigenvalue weighted by atomic mass is 32.2. The summed E-state index contributed by atoms with van der Waals surface area (Å²) in [4.78, 5) is 8.01. The van der Waals surface area contributed by atoms with Gasteiger partial charge in [0.2, 0.25) is 0 Å². The Bertz CT molecular complexity index is 458. The number of rotatable bonds is 2. The van der Waals surface area contributed by atoms with E-state index in [9.17, 15) is 8.42 Å². The number of aryl methyl sites for hydroxylation is 1. The Morgan fingerprint density at radius 1 is 1.47 bits per heavy atom. The Morgan fingerprint density at radius 3 is 2.87 bits per heavy atom. The zero-order valence-electron chi connectivity index (χ0n) is 8.47. The molecule has 0 bridgehead atoms. The predicted octanol–water partition coefficient (Wildman–Crippen LogP) is 0.384. The molecule has 1 saturated heterocycles. The minimum atomic E-state index is -2.83. The number of nitrogens with one attached hydrogen (secondary N) is 1. The van der Waals surface area contributed by atoms with Crippen LogP contribution in [0.3, 0.4) is 0 Å². The van der Waals surface area contributed by atoms with E-state index in [4.69, 9.17) is 0 Å². The molecule has 82 valence electrons. The molecule has 1 atom stereocenters. The van der Waals surface area contributed by atoms with Gasteiger partial charge < -0.3 is 5.32 Å². The maximum atomic E-state index is 11.2. The molecule has 0 spiro atoms. The van der Waals surface area contributed by atoms with Crippen molar-refractivity contribution in [2.24, 2.45) is 0 Å². The van der Waals surface area contributed by atoms with Crippen molar-refractivity contribution in [3.8, 4) is 0 Å². The number of aromatic nitrogens is 2. The van der Waals surface area contributed by atoms with Crippen molar-refractivity contribution in [2.75, 3.05) is 16.8 Å². The maximum Gasteiger partial charge on any atom is 0.152 e. The van der Waals surface area contributed by atoms with Gasteiger partial charge >= 0.3 is 0 Å². The molecule has 0 aromatic carbocycles. The molecule has 15 heavy (non-hydrogen) atoms. The van der Waals surface area contributed by atoms with E-state index in [-0.39, 0.29) is 17.5 Å². The van der Waals surface area contributed by atoms with Crippen LogP contribution in [-0.2, 0) is 9.84 Å². The third kappa shape index (κ3) is 2.65. The van der Waals surface area contributed by atoms with Gasteiger partial charge in [-0.1, -0.05) is 0 Å². The van der Waals surface area contributed by atoms with Crippen molar-refractivity contribution < 1.29 is 8.42 Å². The van der Waals surface area contributed by atoms with Gasteiger partial charge in [0.05, 0.1) is 11.5 Å². The Morgan fingerprint density at radius 2 is 2.27 bits per heavy atom. The normalized spacial score (nSPS) is 23.9. The Labute approximate surface area is 88.9 Å². The molecule has 2 rings (SSSR count). The molecule has 1 N–H and O–H groups in total. The average Bonchev–Trinajstić information content (AvgIpc) is 2.45. The molecule has 1 aliphatic rings. The van der Waals surface area contributed by atoms with Gasteiger partial charge in [-0.25, -0.2) is 18.4 Å². The molecular weight excluding hydrogens is 214 g/mol. The van der Waals surface area contributed by atoms with Crippen molar-refractivity contribution in [2.45, 2.75) is 19.4 Å². The number of anilines is 1. The van der Waals surface area contributed by atoms with E-state index in [2.05, 4.69) is 15.3 Å². The van der Waals surface area contributed by atoms with Crippen molar-refractivity contribution in [3.63, 3.8) is 0 Å². The van der Waals surface area contributed by atoms with Crippen LogP contribution in [0, 0.1) is 6.92 Å². The minimum absolute atomic E-state index is 0.00991. The molecule has 1 unspecified atom stereocenters. The predicted molar refractivity (Wildman–Crippen MR) is 57.5 cm³/mol. The lowest BCUT2D eigenvalue weighted by molar-refractivity contribution is 0.602. The first kappa shape index (κ1) is 10.4.